The second kappa shape index (κ2) is 8.99. The van der Waals surface area contributed by atoms with Crippen LogP contribution in [0.4, 0.5) is 0 Å². The molecular formula is C23H29N3O3. The van der Waals surface area contributed by atoms with Crippen molar-refractivity contribution in [3.8, 4) is 5.75 Å². The van der Waals surface area contributed by atoms with Crippen molar-refractivity contribution in [2.24, 2.45) is 0 Å². The molecule has 1 heterocycles. The Bertz CT molecular complexity index is 1050. The van der Waals surface area contributed by atoms with Crippen molar-refractivity contribution >= 4 is 16.9 Å². The molecule has 3 aromatic rings. The van der Waals surface area contributed by atoms with Gasteiger partial charge in [-0.1, -0.05) is 24.3 Å². The third-order valence-electron chi connectivity index (χ3n) is 5.50. The Kier molecular flexibility index (Phi) is 6.42. The molecule has 1 amide bonds. The highest BCUT2D eigenvalue weighted by atomic mass is 16.5. The van der Waals surface area contributed by atoms with E-state index in [-0.39, 0.29) is 24.1 Å². The smallest absolute Gasteiger partial charge is 0.329 e. The highest BCUT2D eigenvalue weighted by Gasteiger charge is 2.21. The summed E-state index contributed by atoms with van der Waals surface area (Å²) in [4.78, 5) is 27.6. The van der Waals surface area contributed by atoms with Crippen LogP contribution in [0, 0.1) is 0 Å². The minimum absolute atomic E-state index is 0.0306. The van der Waals surface area contributed by atoms with Crippen LogP contribution < -0.4 is 10.4 Å². The standard InChI is InChI=1S/C23H29N3O3/c1-5-24(17(3)18-10-9-11-19(16-18)29-4)22(27)14-15-26-21-13-8-7-12-20(21)25(6-2)23(26)28/h7-13,16-17H,5-6,14-15H2,1-4H3. The molecule has 0 fully saturated rings. The molecule has 0 bridgehead atoms. The van der Waals surface area contributed by atoms with Gasteiger partial charge in [0.15, 0.2) is 0 Å². The predicted octanol–water partition coefficient (Wildman–Crippen LogP) is 3.83. The van der Waals surface area contributed by atoms with Gasteiger partial charge in [-0.3, -0.25) is 13.9 Å². The summed E-state index contributed by atoms with van der Waals surface area (Å²) < 4.78 is 8.76. The van der Waals surface area contributed by atoms with E-state index in [2.05, 4.69) is 0 Å². The van der Waals surface area contributed by atoms with Gasteiger partial charge in [0.2, 0.25) is 5.91 Å². The van der Waals surface area contributed by atoms with Crippen molar-refractivity contribution in [3.63, 3.8) is 0 Å². The van der Waals surface area contributed by atoms with Crippen molar-refractivity contribution in [2.45, 2.75) is 46.3 Å². The van der Waals surface area contributed by atoms with Crippen LogP contribution >= 0.6 is 0 Å². The fraction of sp³-hybridized carbons (Fsp3) is 0.391. The number of carbonyl (C=O) groups is 1. The van der Waals surface area contributed by atoms with E-state index in [9.17, 15) is 9.59 Å². The quantitative estimate of drug-likeness (QED) is 0.582. The molecule has 3 rings (SSSR count). The van der Waals surface area contributed by atoms with Crippen LogP contribution in [0.2, 0.25) is 0 Å². The number of ether oxygens (including phenoxy) is 1. The number of nitrogens with zero attached hydrogens (tertiary/aromatic N) is 3. The molecule has 0 saturated carbocycles. The van der Waals surface area contributed by atoms with E-state index in [1.54, 1.807) is 16.2 Å². The molecule has 0 aliphatic rings. The van der Waals surface area contributed by atoms with Crippen LogP contribution in [-0.2, 0) is 17.9 Å². The van der Waals surface area contributed by atoms with Crippen LogP contribution in [-0.4, -0.2) is 33.6 Å². The number of imidazole rings is 1. The van der Waals surface area contributed by atoms with E-state index in [0.29, 0.717) is 19.6 Å². The molecule has 1 unspecified atom stereocenters. The SMILES string of the molecule is CCN(C(=O)CCn1c(=O)n(CC)c2ccccc21)C(C)c1cccc(OC)c1. The summed E-state index contributed by atoms with van der Waals surface area (Å²) in [6.45, 7) is 7.52. The fourth-order valence-electron chi connectivity index (χ4n) is 3.89. The first-order chi connectivity index (χ1) is 14.0. The number of fused-ring (bicyclic) bond motifs is 1. The summed E-state index contributed by atoms with van der Waals surface area (Å²) in [7, 11) is 1.64. The molecule has 154 valence electrons. The molecule has 0 radical (unpaired) electrons. The summed E-state index contributed by atoms with van der Waals surface area (Å²) in [6.07, 6.45) is 0.278. The number of benzene rings is 2. The van der Waals surface area contributed by atoms with Crippen molar-refractivity contribution in [1.29, 1.82) is 0 Å². The molecule has 6 nitrogen and oxygen atoms in total. The van der Waals surface area contributed by atoms with Gasteiger partial charge >= 0.3 is 5.69 Å². The monoisotopic (exact) mass is 395 g/mol. The summed E-state index contributed by atoms with van der Waals surface area (Å²) in [5.41, 5.74) is 2.74. The van der Waals surface area contributed by atoms with E-state index in [0.717, 1.165) is 22.3 Å². The largest absolute Gasteiger partial charge is 0.497 e. The zero-order valence-electron chi connectivity index (χ0n) is 17.6. The Morgan fingerprint density at radius 2 is 1.76 bits per heavy atom. The lowest BCUT2D eigenvalue weighted by molar-refractivity contribution is -0.133. The Hall–Kier alpha value is -3.02. The number of hydrogen-bond donors (Lipinski definition) is 0. The first-order valence-corrected chi connectivity index (χ1v) is 10.1. The molecule has 29 heavy (non-hydrogen) atoms. The van der Waals surface area contributed by atoms with E-state index in [4.69, 9.17) is 4.74 Å². The molecule has 1 atom stereocenters. The zero-order valence-corrected chi connectivity index (χ0v) is 17.6. The van der Waals surface area contributed by atoms with Gasteiger partial charge in [0.25, 0.3) is 0 Å². The van der Waals surface area contributed by atoms with Gasteiger partial charge < -0.3 is 9.64 Å². The third-order valence-corrected chi connectivity index (χ3v) is 5.50. The van der Waals surface area contributed by atoms with Gasteiger partial charge in [-0.2, -0.15) is 0 Å². The molecule has 2 aromatic carbocycles. The summed E-state index contributed by atoms with van der Waals surface area (Å²) in [5.74, 6) is 0.805. The molecule has 6 heteroatoms. The summed E-state index contributed by atoms with van der Waals surface area (Å²) in [5, 5.41) is 0. The minimum Gasteiger partial charge on any atom is -0.497 e. The number of hydrogen-bond acceptors (Lipinski definition) is 3. The van der Waals surface area contributed by atoms with Crippen LogP contribution in [0.1, 0.15) is 38.8 Å². The predicted molar refractivity (Wildman–Crippen MR) is 115 cm³/mol. The Labute approximate surface area is 171 Å². The maximum absolute atomic E-state index is 13.0. The number of methoxy groups -OCH3 is 1. The van der Waals surface area contributed by atoms with Gasteiger partial charge in [-0.25, -0.2) is 4.79 Å². The minimum atomic E-state index is -0.0729. The highest BCUT2D eigenvalue weighted by Crippen LogP contribution is 2.24. The van der Waals surface area contributed by atoms with Crippen molar-refractivity contribution in [3.05, 3.63) is 64.6 Å². The lowest BCUT2D eigenvalue weighted by Crippen LogP contribution is -2.35. The van der Waals surface area contributed by atoms with Gasteiger partial charge in [0, 0.05) is 26.1 Å². The number of aromatic nitrogens is 2. The van der Waals surface area contributed by atoms with Crippen LogP contribution in [0.5, 0.6) is 5.75 Å². The zero-order chi connectivity index (χ0) is 21.0. The van der Waals surface area contributed by atoms with Crippen LogP contribution in [0.3, 0.4) is 0 Å². The second-order valence-corrected chi connectivity index (χ2v) is 7.05. The number of rotatable bonds is 8. The first kappa shape index (κ1) is 20.7. The second-order valence-electron chi connectivity index (χ2n) is 7.05. The Balaban J connectivity index is 1.80. The molecule has 0 N–H and O–H groups in total. The molecule has 0 aliphatic carbocycles. The van der Waals surface area contributed by atoms with E-state index in [1.807, 2.05) is 74.2 Å². The maximum Gasteiger partial charge on any atom is 0.329 e. The molecule has 0 saturated heterocycles. The lowest BCUT2D eigenvalue weighted by Gasteiger charge is -2.29. The third kappa shape index (κ3) is 4.06. The van der Waals surface area contributed by atoms with Crippen LogP contribution in [0.25, 0.3) is 11.0 Å². The van der Waals surface area contributed by atoms with Crippen molar-refractivity contribution < 1.29 is 9.53 Å². The average molecular weight is 396 g/mol. The van der Waals surface area contributed by atoms with Gasteiger partial charge in [-0.05, 0) is 50.6 Å². The first-order valence-electron chi connectivity index (χ1n) is 10.1. The van der Waals surface area contributed by atoms with E-state index < -0.39 is 0 Å². The number of para-hydroxylation sites is 2. The van der Waals surface area contributed by atoms with Gasteiger partial charge in [0.1, 0.15) is 5.75 Å². The number of aryl methyl sites for hydroxylation is 2. The fourth-order valence-corrected chi connectivity index (χ4v) is 3.89. The summed E-state index contributed by atoms with van der Waals surface area (Å²) in [6, 6.07) is 15.4. The van der Waals surface area contributed by atoms with Gasteiger partial charge in [0.05, 0.1) is 24.2 Å². The van der Waals surface area contributed by atoms with Crippen molar-refractivity contribution in [2.75, 3.05) is 13.7 Å². The molecule has 0 aliphatic heterocycles. The Morgan fingerprint density at radius 1 is 1.07 bits per heavy atom. The summed E-state index contributed by atoms with van der Waals surface area (Å²) >= 11 is 0. The van der Waals surface area contributed by atoms with E-state index in [1.165, 1.54) is 0 Å². The van der Waals surface area contributed by atoms with Crippen molar-refractivity contribution in [1.82, 2.24) is 14.0 Å². The average Bonchev–Trinajstić information content (AvgIpc) is 3.03. The van der Waals surface area contributed by atoms with Gasteiger partial charge in [-0.15, -0.1) is 0 Å². The normalized spacial score (nSPS) is 12.1. The molecule has 1 aromatic heterocycles. The molecule has 0 spiro atoms. The van der Waals surface area contributed by atoms with E-state index >= 15 is 0 Å². The maximum atomic E-state index is 13.0. The van der Waals surface area contributed by atoms with Crippen LogP contribution in [0.15, 0.2) is 53.3 Å². The number of carbonyl (C=O) groups excluding carboxylic acids is 1. The Morgan fingerprint density at radius 3 is 2.38 bits per heavy atom. The molecular weight excluding hydrogens is 366 g/mol. The topological polar surface area (TPSA) is 56.5 Å². The number of amides is 1. The lowest BCUT2D eigenvalue weighted by atomic mass is 10.1. The highest BCUT2D eigenvalue weighted by molar-refractivity contribution is 5.78.